The van der Waals surface area contributed by atoms with Crippen LogP contribution in [-0.4, -0.2) is 13.3 Å². The lowest BCUT2D eigenvalue weighted by atomic mass is 10.1. The summed E-state index contributed by atoms with van der Waals surface area (Å²) in [7, 11) is 1.50. The Morgan fingerprint density at radius 1 is 1.12 bits per heavy atom. The zero-order valence-electron chi connectivity index (χ0n) is 9.91. The fraction of sp³-hybridized carbons (Fsp3) is 0.133. The first-order chi connectivity index (χ1) is 8.40. The summed E-state index contributed by atoms with van der Waals surface area (Å²) in [5.41, 5.74) is 6.81. The topological polar surface area (TPSA) is 43.1 Å². The molecule has 2 rings (SSSR count). The van der Waals surface area contributed by atoms with Crippen molar-refractivity contribution in [3.05, 3.63) is 66.3 Å². The molecule has 17 heavy (non-hydrogen) atoms. The maximum atomic E-state index is 10.6. The Bertz CT molecular complexity index is 429. The molecule has 0 radical (unpaired) electrons. The molecule has 1 atom stereocenters. The van der Waals surface area contributed by atoms with Gasteiger partial charge in [-0.05, 0) is 18.2 Å². The summed E-state index contributed by atoms with van der Waals surface area (Å²) < 4.78 is 0. The van der Waals surface area contributed by atoms with Crippen molar-refractivity contribution in [3.63, 3.8) is 0 Å². The van der Waals surface area contributed by atoms with E-state index in [2.05, 4.69) is 17.9 Å². The Hall–Kier alpha value is -1.93. The highest BCUT2D eigenvalue weighted by Gasteiger charge is 2.02. The smallest absolute Gasteiger partial charge is 0.130 e. The number of hydrogen-bond acceptors (Lipinski definition) is 2. The van der Waals surface area contributed by atoms with Crippen LogP contribution in [-0.2, 0) is 4.79 Å². The van der Waals surface area contributed by atoms with E-state index in [1.165, 1.54) is 12.6 Å². The molecule has 2 N–H and O–H groups in total. The fourth-order valence-corrected chi connectivity index (χ4v) is 1.54. The zero-order valence-corrected chi connectivity index (χ0v) is 9.91. The summed E-state index contributed by atoms with van der Waals surface area (Å²) in [5.74, 6) is -0.0949. The minimum atomic E-state index is -0.0949. The summed E-state index contributed by atoms with van der Waals surface area (Å²) >= 11 is 0. The standard InChI is InChI=1S/C14H12O.CH5N/c15-11-12-5-4-8-14(10-9-12)13-6-2-1-3-7-13;1-2/h1-12H;2H2,1H3. The van der Waals surface area contributed by atoms with E-state index >= 15 is 0 Å². The molecule has 2 nitrogen and oxygen atoms in total. The van der Waals surface area contributed by atoms with Crippen LogP contribution in [0.1, 0.15) is 5.56 Å². The molecule has 2 heteroatoms. The number of benzene rings is 1. The normalized spacial score (nSPS) is 17.5. The van der Waals surface area contributed by atoms with Crippen LogP contribution in [0.5, 0.6) is 0 Å². The SMILES string of the molecule is CN.O=CC1C=CC=C(c2ccccc2)C=C1. The van der Waals surface area contributed by atoms with E-state index in [0.717, 1.165) is 11.9 Å². The Morgan fingerprint density at radius 2 is 1.82 bits per heavy atom. The van der Waals surface area contributed by atoms with Crippen LogP contribution in [0.15, 0.2) is 60.7 Å². The number of carbonyl (C=O) groups excluding carboxylic acids is 1. The van der Waals surface area contributed by atoms with Gasteiger partial charge in [0.15, 0.2) is 0 Å². The van der Waals surface area contributed by atoms with E-state index in [-0.39, 0.29) is 5.92 Å². The van der Waals surface area contributed by atoms with Crippen LogP contribution < -0.4 is 5.73 Å². The van der Waals surface area contributed by atoms with Crippen LogP contribution in [0.2, 0.25) is 0 Å². The van der Waals surface area contributed by atoms with Crippen molar-refractivity contribution >= 4 is 11.9 Å². The molecule has 0 fully saturated rings. The maximum Gasteiger partial charge on any atom is 0.130 e. The molecule has 0 spiro atoms. The van der Waals surface area contributed by atoms with Gasteiger partial charge >= 0.3 is 0 Å². The zero-order chi connectivity index (χ0) is 12.5. The van der Waals surface area contributed by atoms with Gasteiger partial charge < -0.3 is 10.5 Å². The second-order valence-electron chi connectivity index (χ2n) is 3.45. The summed E-state index contributed by atoms with van der Waals surface area (Å²) in [5, 5.41) is 0. The third kappa shape index (κ3) is 3.85. The van der Waals surface area contributed by atoms with Gasteiger partial charge in [0, 0.05) is 0 Å². The molecule has 1 aliphatic rings. The summed E-state index contributed by atoms with van der Waals surface area (Å²) in [6, 6.07) is 10.1. The van der Waals surface area contributed by atoms with Crippen LogP contribution in [0, 0.1) is 5.92 Å². The number of allylic oxidation sites excluding steroid dienone is 6. The van der Waals surface area contributed by atoms with Crippen LogP contribution in [0.4, 0.5) is 0 Å². The summed E-state index contributed by atoms with van der Waals surface area (Å²) in [4.78, 5) is 10.6. The first-order valence-electron chi connectivity index (χ1n) is 5.55. The third-order valence-electron chi connectivity index (χ3n) is 2.37. The second kappa shape index (κ2) is 7.36. The van der Waals surface area contributed by atoms with Crippen LogP contribution in [0.25, 0.3) is 5.57 Å². The molecular formula is C15H17NO. The highest BCUT2D eigenvalue weighted by Crippen LogP contribution is 2.18. The molecule has 1 aromatic carbocycles. The van der Waals surface area contributed by atoms with E-state index in [1.54, 1.807) is 0 Å². The Morgan fingerprint density at radius 3 is 2.47 bits per heavy atom. The monoisotopic (exact) mass is 227 g/mol. The molecule has 0 aromatic heterocycles. The lowest BCUT2D eigenvalue weighted by molar-refractivity contribution is -0.108. The fourth-order valence-electron chi connectivity index (χ4n) is 1.54. The van der Waals surface area contributed by atoms with Crippen molar-refractivity contribution in [2.24, 2.45) is 11.7 Å². The Balaban J connectivity index is 0.000000686. The van der Waals surface area contributed by atoms with Gasteiger partial charge in [0.25, 0.3) is 0 Å². The van der Waals surface area contributed by atoms with Gasteiger partial charge in [0.1, 0.15) is 6.29 Å². The predicted octanol–water partition coefficient (Wildman–Crippen LogP) is 2.59. The van der Waals surface area contributed by atoms with Gasteiger partial charge in [0.2, 0.25) is 0 Å². The highest BCUT2D eigenvalue weighted by molar-refractivity contribution is 5.77. The van der Waals surface area contributed by atoms with E-state index < -0.39 is 0 Å². The Labute approximate surface area is 102 Å². The van der Waals surface area contributed by atoms with Crippen molar-refractivity contribution in [3.8, 4) is 0 Å². The minimum Gasteiger partial charge on any atom is -0.333 e. The molecule has 1 aliphatic carbocycles. The summed E-state index contributed by atoms with van der Waals surface area (Å²) in [6.45, 7) is 0. The number of aldehydes is 1. The van der Waals surface area contributed by atoms with Crippen molar-refractivity contribution in [2.45, 2.75) is 0 Å². The largest absolute Gasteiger partial charge is 0.333 e. The maximum absolute atomic E-state index is 10.6. The molecule has 0 saturated carbocycles. The van der Waals surface area contributed by atoms with Crippen molar-refractivity contribution in [2.75, 3.05) is 7.05 Å². The molecule has 0 heterocycles. The second-order valence-corrected chi connectivity index (χ2v) is 3.45. The average Bonchev–Trinajstić information content (AvgIpc) is 2.67. The summed E-state index contributed by atoms with van der Waals surface area (Å²) in [6.07, 6.45) is 10.7. The quantitative estimate of drug-likeness (QED) is 0.789. The molecule has 1 aromatic rings. The number of hydrogen-bond donors (Lipinski definition) is 1. The van der Waals surface area contributed by atoms with Gasteiger partial charge in [-0.25, -0.2) is 0 Å². The average molecular weight is 227 g/mol. The minimum absolute atomic E-state index is 0.0949. The molecular weight excluding hydrogens is 210 g/mol. The van der Waals surface area contributed by atoms with Gasteiger partial charge in [-0.3, -0.25) is 0 Å². The first-order valence-corrected chi connectivity index (χ1v) is 5.55. The van der Waals surface area contributed by atoms with Crippen LogP contribution in [0.3, 0.4) is 0 Å². The molecule has 88 valence electrons. The predicted molar refractivity (Wildman–Crippen MR) is 72.4 cm³/mol. The van der Waals surface area contributed by atoms with E-state index in [4.69, 9.17) is 0 Å². The van der Waals surface area contributed by atoms with Gasteiger partial charge in [-0.1, -0.05) is 60.7 Å². The molecule has 0 amide bonds. The highest BCUT2D eigenvalue weighted by atomic mass is 16.1. The molecule has 1 unspecified atom stereocenters. The number of carbonyl (C=O) groups is 1. The Kier molecular flexibility index (Phi) is 5.69. The van der Waals surface area contributed by atoms with Gasteiger partial charge in [0.05, 0.1) is 5.92 Å². The van der Waals surface area contributed by atoms with Crippen molar-refractivity contribution in [1.29, 1.82) is 0 Å². The van der Waals surface area contributed by atoms with Gasteiger partial charge in [-0.15, -0.1) is 0 Å². The van der Waals surface area contributed by atoms with E-state index in [1.807, 2.05) is 48.6 Å². The van der Waals surface area contributed by atoms with E-state index in [0.29, 0.717) is 0 Å². The molecule has 0 bridgehead atoms. The van der Waals surface area contributed by atoms with Crippen molar-refractivity contribution < 1.29 is 4.79 Å². The van der Waals surface area contributed by atoms with Gasteiger partial charge in [-0.2, -0.15) is 0 Å². The first kappa shape index (κ1) is 13.1. The lowest BCUT2D eigenvalue weighted by Gasteiger charge is -2.00. The lowest BCUT2D eigenvalue weighted by Crippen LogP contribution is -1.90. The number of rotatable bonds is 2. The van der Waals surface area contributed by atoms with Crippen molar-refractivity contribution in [1.82, 2.24) is 0 Å². The molecule has 0 aliphatic heterocycles. The molecule has 0 saturated heterocycles. The van der Waals surface area contributed by atoms with Crippen LogP contribution >= 0.6 is 0 Å². The third-order valence-corrected chi connectivity index (χ3v) is 2.37. The number of nitrogens with two attached hydrogens (primary N) is 1. The van der Waals surface area contributed by atoms with E-state index in [9.17, 15) is 4.79 Å².